The Kier molecular flexibility index (Phi) is 5.53. The number of hydrogen-bond donors (Lipinski definition) is 2. The van der Waals surface area contributed by atoms with Crippen LogP contribution >= 0.6 is 0 Å². The average molecular weight is 393 g/mol. The Morgan fingerprint density at radius 1 is 0.931 bits per heavy atom. The van der Waals surface area contributed by atoms with Crippen molar-refractivity contribution < 1.29 is 14.8 Å². The molecule has 0 bridgehead atoms. The van der Waals surface area contributed by atoms with Crippen LogP contribution in [0.4, 0.5) is 5.69 Å². The summed E-state index contributed by atoms with van der Waals surface area (Å²) in [6.07, 6.45) is 2.68. The maximum atomic E-state index is 13.2. The number of amides is 2. The van der Waals surface area contributed by atoms with Gasteiger partial charge in [-0.15, -0.1) is 0 Å². The molecule has 1 heterocycles. The van der Waals surface area contributed by atoms with Crippen molar-refractivity contribution in [1.29, 1.82) is 0 Å². The van der Waals surface area contributed by atoms with E-state index < -0.39 is 0 Å². The van der Waals surface area contributed by atoms with Gasteiger partial charge in [0.15, 0.2) is 0 Å². The summed E-state index contributed by atoms with van der Waals surface area (Å²) in [5, 5.41) is 8.72. The zero-order valence-electron chi connectivity index (χ0n) is 16.5. The number of benzene rings is 2. The quantitative estimate of drug-likeness (QED) is 0.584. The molecule has 4 rings (SSSR count). The highest BCUT2D eigenvalue weighted by atomic mass is 16.5. The van der Waals surface area contributed by atoms with Gasteiger partial charge in [0, 0.05) is 38.3 Å². The normalized spacial score (nSPS) is 17.7. The lowest BCUT2D eigenvalue weighted by Crippen LogP contribution is -2.51. The zero-order chi connectivity index (χ0) is 20.3. The monoisotopic (exact) mass is 393 g/mol. The van der Waals surface area contributed by atoms with E-state index in [2.05, 4.69) is 23.1 Å². The Labute approximate surface area is 171 Å². The van der Waals surface area contributed by atoms with Gasteiger partial charge < -0.3 is 9.80 Å². The maximum absolute atomic E-state index is 13.2. The first kappa shape index (κ1) is 19.5. The molecule has 0 radical (unpaired) electrons. The third-order valence-electron chi connectivity index (χ3n) is 6.13. The largest absolute Gasteiger partial charge is 0.368 e. The second kappa shape index (κ2) is 8.25. The predicted octanol–water partition coefficient (Wildman–Crippen LogP) is 2.50. The summed E-state index contributed by atoms with van der Waals surface area (Å²) in [7, 11) is 0. The first-order valence-electron chi connectivity index (χ1n) is 10.2. The average Bonchev–Trinajstić information content (AvgIpc) is 3.60. The molecule has 152 valence electrons. The SMILES string of the molecule is O=C(CCc1ccccc1N1CCN(C(=O)C2(c3ccccc3)CC2)CC1)NO. The summed E-state index contributed by atoms with van der Waals surface area (Å²) in [5.74, 6) is -0.123. The lowest BCUT2D eigenvalue weighted by atomic mass is 9.94. The van der Waals surface area contributed by atoms with Crippen LogP contribution in [0.25, 0.3) is 0 Å². The van der Waals surface area contributed by atoms with Gasteiger partial charge in [-0.2, -0.15) is 0 Å². The zero-order valence-corrected chi connectivity index (χ0v) is 16.5. The summed E-state index contributed by atoms with van der Waals surface area (Å²) >= 11 is 0. The van der Waals surface area contributed by atoms with Crippen molar-refractivity contribution in [1.82, 2.24) is 10.4 Å². The van der Waals surface area contributed by atoms with E-state index in [0.717, 1.165) is 42.7 Å². The molecule has 6 heteroatoms. The molecule has 0 unspecified atom stereocenters. The molecule has 0 aromatic heterocycles. The van der Waals surface area contributed by atoms with Gasteiger partial charge in [0.25, 0.3) is 0 Å². The molecular formula is C23H27N3O3. The molecule has 1 aliphatic carbocycles. The van der Waals surface area contributed by atoms with Gasteiger partial charge in [-0.1, -0.05) is 48.5 Å². The van der Waals surface area contributed by atoms with E-state index in [-0.39, 0.29) is 23.7 Å². The summed E-state index contributed by atoms with van der Waals surface area (Å²) in [6.45, 7) is 2.97. The Hall–Kier alpha value is -2.86. The third-order valence-corrected chi connectivity index (χ3v) is 6.13. The fourth-order valence-electron chi connectivity index (χ4n) is 4.30. The van der Waals surface area contributed by atoms with Crippen LogP contribution in [-0.2, 0) is 21.4 Å². The molecule has 2 fully saturated rings. The molecule has 1 saturated carbocycles. The van der Waals surface area contributed by atoms with Crippen LogP contribution in [0.5, 0.6) is 0 Å². The first-order chi connectivity index (χ1) is 14.1. The van der Waals surface area contributed by atoms with Crippen LogP contribution in [0.2, 0.25) is 0 Å². The number of carbonyl (C=O) groups excluding carboxylic acids is 2. The second-order valence-electron chi connectivity index (χ2n) is 7.89. The Balaban J connectivity index is 1.40. The van der Waals surface area contributed by atoms with Gasteiger partial charge in [0.1, 0.15) is 0 Å². The van der Waals surface area contributed by atoms with Crippen LogP contribution < -0.4 is 10.4 Å². The van der Waals surface area contributed by atoms with Crippen LogP contribution in [0.3, 0.4) is 0 Å². The second-order valence-corrected chi connectivity index (χ2v) is 7.89. The number of anilines is 1. The summed E-state index contributed by atoms with van der Waals surface area (Å²) in [4.78, 5) is 28.9. The molecule has 1 aliphatic heterocycles. The Morgan fingerprint density at radius 2 is 1.59 bits per heavy atom. The molecule has 0 atom stereocenters. The molecular weight excluding hydrogens is 366 g/mol. The lowest BCUT2D eigenvalue weighted by molar-refractivity contribution is -0.134. The third kappa shape index (κ3) is 3.98. The van der Waals surface area contributed by atoms with Crippen LogP contribution in [-0.4, -0.2) is 48.1 Å². The van der Waals surface area contributed by atoms with Crippen LogP contribution in [0, 0.1) is 0 Å². The maximum Gasteiger partial charge on any atom is 0.243 e. The molecule has 1 saturated heterocycles. The van der Waals surface area contributed by atoms with Gasteiger partial charge in [-0.05, 0) is 36.5 Å². The highest BCUT2D eigenvalue weighted by Gasteiger charge is 2.53. The van der Waals surface area contributed by atoms with E-state index >= 15 is 0 Å². The summed E-state index contributed by atoms with van der Waals surface area (Å²) in [5.41, 5.74) is 4.71. The number of nitrogens with zero attached hydrogens (tertiary/aromatic N) is 2. The number of hydrogen-bond acceptors (Lipinski definition) is 4. The van der Waals surface area contributed by atoms with Crippen molar-refractivity contribution in [3.8, 4) is 0 Å². The highest BCUT2D eigenvalue weighted by Crippen LogP contribution is 2.49. The fourth-order valence-corrected chi connectivity index (χ4v) is 4.30. The molecule has 29 heavy (non-hydrogen) atoms. The fraction of sp³-hybridized carbons (Fsp3) is 0.391. The molecule has 2 amide bonds. The van der Waals surface area contributed by atoms with Crippen LogP contribution in [0.15, 0.2) is 54.6 Å². The minimum Gasteiger partial charge on any atom is -0.368 e. The number of rotatable bonds is 6. The molecule has 2 N–H and O–H groups in total. The van der Waals surface area contributed by atoms with Crippen molar-refractivity contribution in [3.05, 3.63) is 65.7 Å². The number of hydroxylamine groups is 1. The molecule has 2 aromatic carbocycles. The van der Waals surface area contributed by atoms with Crippen molar-refractivity contribution in [2.24, 2.45) is 0 Å². The highest BCUT2D eigenvalue weighted by molar-refractivity contribution is 5.91. The standard InChI is InChI=1S/C23H27N3O3/c27-21(24-29)11-10-18-6-4-5-9-20(18)25-14-16-26(17-15-25)22(28)23(12-13-23)19-7-2-1-3-8-19/h1-9,29H,10-17H2,(H,24,27). The molecule has 2 aliphatic rings. The number of nitrogens with one attached hydrogen (secondary N) is 1. The van der Waals surface area contributed by atoms with Crippen molar-refractivity contribution >= 4 is 17.5 Å². The number of piperazine rings is 1. The van der Waals surface area contributed by atoms with Crippen molar-refractivity contribution in [2.45, 2.75) is 31.1 Å². The number of carbonyl (C=O) groups is 2. The van der Waals surface area contributed by atoms with Gasteiger partial charge in [0.05, 0.1) is 5.41 Å². The summed E-state index contributed by atoms with van der Waals surface area (Å²) in [6, 6.07) is 18.2. The van der Waals surface area contributed by atoms with E-state index in [1.54, 1.807) is 5.48 Å². The van der Waals surface area contributed by atoms with E-state index in [9.17, 15) is 9.59 Å². The predicted molar refractivity (Wildman–Crippen MR) is 111 cm³/mol. The topological polar surface area (TPSA) is 72.9 Å². The summed E-state index contributed by atoms with van der Waals surface area (Å²) < 4.78 is 0. The van der Waals surface area contributed by atoms with Gasteiger partial charge >= 0.3 is 0 Å². The molecule has 0 spiro atoms. The molecule has 6 nitrogen and oxygen atoms in total. The number of aryl methyl sites for hydroxylation is 1. The van der Waals surface area contributed by atoms with Crippen LogP contribution in [0.1, 0.15) is 30.4 Å². The smallest absolute Gasteiger partial charge is 0.243 e. The Bertz CT molecular complexity index is 872. The van der Waals surface area contributed by atoms with Gasteiger partial charge in [-0.3, -0.25) is 14.8 Å². The lowest BCUT2D eigenvalue weighted by Gasteiger charge is -2.38. The Morgan fingerprint density at radius 3 is 2.24 bits per heavy atom. The number of para-hydroxylation sites is 1. The van der Waals surface area contributed by atoms with E-state index in [0.29, 0.717) is 19.5 Å². The van der Waals surface area contributed by atoms with Gasteiger partial charge in [0.2, 0.25) is 11.8 Å². The minimum atomic E-state index is -0.383. The molecule has 2 aromatic rings. The van der Waals surface area contributed by atoms with E-state index in [1.807, 2.05) is 41.3 Å². The minimum absolute atomic E-state index is 0.242. The first-order valence-corrected chi connectivity index (χ1v) is 10.2. The van der Waals surface area contributed by atoms with E-state index in [1.165, 1.54) is 0 Å². The van der Waals surface area contributed by atoms with E-state index in [4.69, 9.17) is 5.21 Å². The van der Waals surface area contributed by atoms with Crippen molar-refractivity contribution in [3.63, 3.8) is 0 Å². The van der Waals surface area contributed by atoms with Gasteiger partial charge in [-0.25, -0.2) is 5.48 Å². The van der Waals surface area contributed by atoms with Crippen molar-refractivity contribution in [2.75, 3.05) is 31.1 Å².